The Kier molecular flexibility index (Phi) is 4.63. The first-order valence-corrected chi connectivity index (χ1v) is 6.97. The number of hydrogen-bond donors (Lipinski definition) is 1. The third-order valence-corrected chi connectivity index (χ3v) is 2.92. The van der Waals surface area contributed by atoms with Crippen LogP contribution in [0.3, 0.4) is 0 Å². The van der Waals surface area contributed by atoms with E-state index in [9.17, 15) is 4.39 Å². The second-order valence-electron chi connectivity index (χ2n) is 6.21. The summed E-state index contributed by atoms with van der Waals surface area (Å²) in [6, 6.07) is 4.78. The van der Waals surface area contributed by atoms with Crippen LogP contribution < -0.4 is 10.1 Å². The Morgan fingerprint density at radius 3 is 2.62 bits per heavy atom. The van der Waals surface area contributed by atoms with E-state index in [1.54, 1.807) is 10.9 Å². The fourth-order valence-corrected chi connectivity index (χ4v) is 1.89. The van der Waals surface area contributed by atoms with Gasteiger partial charge >= 0.3 is 0 Å². The van der Waals surface area contributed by atoms with Crippen LogP contribution in [0, 0.1) is 5.82 Å². The molecule has 1 N–H and O–H groups in total. The van der Waals surface area contributed by atoms with Crippen molar-refractivity contribution in [3.63, 3.8) is 0 Å². The standard InChI is InChI=1S/C16H22FN3O/c1-16(2,3)18-8-12-5-14(17)7-15(6-12)21-11-13-9-19-20(4)10-13/h5-7,9-10,18H,8,11H2,1-4H3. The van der Waals surface area contributed by atoms with E-state index in [0.717, 1.165) is 11.1 Å². The van der Waals surface area contributed by atoms with Crippen LogP contribution >= 0.6 is 0 Å². The van der Waals surface area contributed by atoms with E-state index in [-0.39, 0.29) is 11.4 Å². The summed E-state index contributed by atoms with van der Waals surface area (Å²) in [6.45, 7) is 7.21. The third-order valence-electron chi connectivity index (χ3n) is 2.92. The van der Waals surface area contributed by atoms with Crippen LogP contribution in [0.5, 0.6) is 5.75 Å². The van der Waals surface area contributed by atoms with Gasteiger partial charge in [-0.3, -0.25) is 4.68 Å². The smallest absolute Gasteiger partial charge is 0.127 e. The second kappa shape index (κ2) is 6.26. The molecule has 2 rings (SSSR count). The van der Waals surface area contributed by atoms with E-state index < -0.39 is 0 Å². The Bertz CT molecular complexity index is 602. The van der Waals surface area contributed by atoms with Crippen LogP contribution in [-0.4, -0.2) is 15.3 Å². The van der Waals surface area contributed by atoms with Gasteiger partial charge in [0, 0.05) is 37.0 Å². The van der Waals surface area contributed by atoms with Crippen LogP contribution in [-0.2, 0) is 20.2 Å². The molecule has 0 saturated carbocycles. The lowest BCUT2D eigenvalue weighted by Crippen LogP contribution is -2.35. The molecule has 114 valence electrons. The molecule has 0 unspecified atom stereocenters. The zero-order chi connectivity index (χ0) is 15.5. The van der Waals surface area contributed by atoms with Gasteiger partial charge in [0.05, 0.1) is 6.20 Å². The molecule has 0 aliphatic carbocycles. The molecule has 0 saturated heterocycles. The molecule has 0 amide bonds. The molecule has 0 aliphatic rings. The van der Waals surface area contributed by atoms with E-state index in [2.05, 4.69) is 31.2 Å². The number of benzene rings is 1. The summed E-state index contributed by atoms with van der Waals surface area (Å²) in [5, 5.41) is 7.41. The van der Waals surface area contributed by atoms with Gasteiger partial charge in [-0.15, -0.1) is 0 Å². The second-order valence-corrected chi connectivity index (χ2v) is 6.21. The normalized spacial score (nSPS) is 11.7. The molecule has 0 fully saturated rings. The Hall–Kier alpha value is -1.88. The Balaban J connectivity index is 2.01. The number of nitrogens with zero attached hydrogens (tertiary/aromatic N) is 2. The molecule has 21 heavy (non-hydrogen) atoms. The highest BCUT2D eigenvalue weighted by atomic mass is 19.1. The Morgan fingerprint density at radius 1 is 1.24 bits per heavy atom. The summed E-state index contributed by atoms with van der Waals surface area (Å²) in [4.78, 5) is 0. The quantitative estimate of drug-likeness (QED) is 0.920. The lowest BCUT2D eigenvalue weighted by molar-refractivity contribution is 0.304. The molecule has 0 spiro atoms. The number of rotatable bonds is 5. The van der Waals surface area contributed by atoms with Gasteiger partial charge in [-0.1, -0.05) is 0 Å². The van der Waals surface area contributed by atoms with E-state index in [0.29, 0.717) is 18.9 Å². The Morgan fingerprint density at radius 2 is 2.00 bits per heavy atom. The first-order chi connectivity index (χ1) is 9.82. The van der Waals surface area contributed by atoms with Gasteiger partial charge in [-0.25, -0.2) is 4.39 Å². The summed E-state index contributed by atoms with van der Waals surface area (Å²) >= 11 is 0. The molecule has 0 atom stereocenters. The van der Waals surface area contributed by atoms with Gasteiger partial charge < -0.3 is 10.1 Å². The molecule has 2 aromatic rings. The number of aryl methyl sites for hydroxylation is 1. The first-order valence-electron chi connectivity index (χ1n) is 6.97. The van der Waals surface area contributed by atoms with Crippen molar-refractivity contribution in [3.8, 4) is 5.75 Å². The average molecular weight is 291 g/mol. The van der Waals surface area contributed by atoms with Gasteiger partial charge in [0.1, 0.15) is 18.2 Å². The summed E-state index contributed by atoms with van der Waals surface area (Å²) in [5.74, 6) is 0.244. The van der Waals surface area contributed by atoms with Crippen molar-refractivity contribution in [2.45, 2.75) is 39.5 Å². The van der Waals surface area contributed by atoms with E-state index in [1.165, 1.54) is 12.1 Å². The number of hydrogen-bond acceptors (Lipinski definition) is 3. The number of nitrogens with one attached hydrogen (secondary N) is 1. The number of ether oxygens (including phenoxy) is 1. The predicted molar refractivity (Wildman–Crippen MR) is 80.5 cm³/mol. The topological polar surface area (TPSA) is 39.1 Å². The van der Waals surface area contributed by atoms with Crippen molar-refractivity contribution in [1.29, 1.82) is 0 Å². The monoisotopic (exact) mass is 291 g/mol. The lowest BCUT2D eigenvalue weighted by Gasteiger charge is -2.20. The van der Waals surface area contributed by atoms with Crippen molar-refractivity contribution < 1.29 is 9.13 Å². The van der Waals surface area contributed by atoms with Crippen molar-refractivity contribution in [2.75, 3.05) is 0 Å². The lowest BCUT2D eigenvalue weighted by atomic mass is 10.1. The van der Waals surface area contributed by atoms with Gasteiger partial charge in [0.2, 0.25) is 0 Å². The van der Waals surface area contributed by atoms with Crippen LogP contribution in [0.25, 0.3) is 0 Å². The zero-order valence-electron chi connectivity index (χ0n) is 13.0. The Labute approximate surface area is 124 Å². The van der Waals surface area contributed by atoms with Gasteiger partial charge in [0.25, 0.3) is 0 Å². The molecule has 1 heterocycles. The molecule has 1 aromatic heterocycles. The molecular weight excluding hydrogens is 269 g/mol. The number of halogens is 1. The van der Waals surface area contributed by atoms with Gasteiger partial charge in [-0.2, -0.15) is 5.10 Å². The molecule has 0 bridgehead atoms. The fourth-order valence-electron chi connectivity index (χ4n) is 1.89. The molecule has 0 aliphatic heterocycles. The summed E-state index contributed by atoms with van der Waals surface area (Å²) in [5.41, 5.74) is 1.81. The van der Waals surface area contributed by atoms with Gasteiger partial charge in [0.15, 0.2) is 0 Å². The minimum Gasteiger partial charge on any atom is -0.489 e. The minimum absolute atomic E-state index is 0.0109. The molecule has 4 nitrogen and oxygen atoms in total. The maximum Gasteiger partial charge on any atom is 0.127 e. The van der Waals surface area contributed by atoms with Crippen molar-refractivity contribution >= 4 is 0 Å². The highest BCUT2D eigenvalue weighted by molar-refractivity contribution is 5.30. The average Bonchev–Trinajstić information content (AvgIpc) is 2.79. The van der Waals surface area contributed by atoms with E-state index in [4.69, 9.17) is 4.74 Å². The highest BCUT2D eigenvalue weighted by Gasteiger charge is 2.10. The summed E-state index contributed by atoms with van der Waals surface area (Å²) in [6.07, 6.45) is 3.61. The van der Waals surface area contributed by atoms with Crippen LogP contribution in [0.4, 0.5) is 4.39 Å². The molecule has 0 radical (unpaired) electrons. The number of aromatic nitrogens is 2. The summed E-state index contributed by atoms with van der Waals surface area (Å²) in [7, 11) is 1.85. The predicted octanol–water partition coefficient (Wildman–Crippen LogP) is 3.03. The minimum atomic E-state index is -0.288. The maximum absolute atomic E-state index is 13.7. The van der Waals surface area contributed by atoms with Crippen molar-refractivity contribution in [1.82, 2.24) is 15.1 Å². The maximum atomic E-state index is 13.7. The van der Waals surface area contributed by atoms with E-state index in [1.807, 2.05) is 19.3 Å². The molecule has 1 aromatic carbocycles. The zero-order valence-corrected chi connectivity index (χ0v) is 13.0. The van der Waals surface area contributed by atoms with Crippen molar-refractivity contribution in [2.24, 2.45) is 7.05 Å². The molecule has 5 heteroatoms. The third kappa shape index (κ3) is 5.19. The fraction of sp³-hybridized carbons (Fsp3) is 0.438. The van der Waals surface area contributed by atoms with Crippen LogP contribution in [0.2, 0.25) is 0 Å². The largest absolute Gasteiger partial charge is 0.489 e. The highest BCUT2D eigenvalue weighted by Crippen LogP contribution is 2.18. The van der Waals surface area contributed by atoms with Crippen LogP contribution in [0.15, 0.2) is 30.6 Å². The van der Waals surface area contributed by atoms with E-state index >= 15 is 0 Å². The first kappa shape index (κ1) is 15.5. The van der Waals surface area contributed by atoms with Crippen molar-refractivity contribution in [3.05, 3.63) is 47.5 Å². The van der Waals surface area contributed by atoms with Crippen LogP contribution in [0.1, 0.15) is 31.9 Å². The molecular formula is C16H22FN3O. The summed E-state index contributed by atoms with van der Waals surface area (Å²) < 4.78 is 21.0. The van der Waals surface area contributed by atoms with Gasteiger partial charge in [-0.05, 0) is 38.5 Å². The SMILES string of the molecule is Cn1cc(COc2cc(F)cc(CNC(C)(C)C)c2)cn1.